The molecule has 0 saturated heterocycles. The zero-order valence-electron chi connectivity index (χ0n) is 14.8. The second-order valence-electron chi connectivity index (χ2n) is 6.03. The van der Waals surface area contributed by atoms with Crippen LogP contribution in [-0.4, -0.2) is 16.1 Å². The molecule has 0 spiro atoms. The van der Waals surface area contributed by atoms with Crippen LogP contribution in [0.1, 0.15) is 70.8 Å². The van der Waals surface area contributed by atoms with Crippen LogP contribution < -0.4 is 4.74 Å². The highest BCUT2D eigenvalue weighted by Gasteiger charge is 2.22. The summed E-state index contributed by atoms with van der Waals surface area (Å²) in [6.07, 6.45) is 9.02. The van der Waals surface area contributed by atoms with Crippen LogP contribution in [0, 0.1) is 0 Å². The Morgan fingerprint density at radius 2 is 1.62 bits per heavy atom. The van der Waals surface area contributed by atoms with Crippen molar-refractivity contribution in [2.24, 2.45) is 0 Å². The van der Waals surface area contributed by atoms with Crippen LogP contribution in [0.25, 0.3) is 0 Å². The van der Waals surface area contributed by atoms with Crippen molar-refractivity contribution in [1.82, 2.24) is 0 Å². The number of aryl methyl sites for hydroxylation is 1. The van der Waals surface area contributed by atoms with E-state index in [-0.39, 0.29) is 0 Å². The topological polar surface area (TPSA) is 76.0 Å². The minimum absolute atomic E-state index is 0.358. The molecule has 0 aromatic heterocycles. The lowest BCUT2D eigenvalue weighted by molar-refractivity contribution is -0.0183. The van der Waals surface area contributed by atoms with Gasteiger partial charge in [0.1, 0.15) is 5.75 Å². The van der Waals surface area contributed by atoms with Crippen LogP contribution in [-0.2, 0) is 15.5 Å². The van der Waals surface area contributed by atoms with E-state index in [1.165, 1.54) is 38.5 Å². The molecule has 0 aliphatic rings. The van der Waals surface area contributed by atoms with Gasteiger partial charge in [0.2, 0.25) is 6.29 Å². The molecular formula is C18H31O5P. The van der Waals surface area contributed by atoms with Gasteiger partial charge in [0.05, 0.1) is 0 Å². The highest BCUT2D eigenvalue weighted by Crippen LogP contribution is 2.39. The minimum Gasteiger partial charge on any atom is -0.464 e. The molecule has 0 heterocycles. The second-order valence-corrected chi connectivity index (χ2v) is 7.22. The van der Waals surface area contributed by atoms with Crippen LogP contribution in [0.3, 0.4) is 0 Å². The van der Waals surface area contributed by atoms with E-state index in [1.807, 2.05) is 24.3 Å². The summed E-state index contributed by atoms with van der Waals surface area (Å²) in [6, 6.07) is 7.63. The van der Waals surface area contributed by atoms with E-state index in [0.29, 0.717) is 12.2 Å². The van der Waals surface area contributed by atoms with Gasteiger partial charge in [-0.25, -0.2) is 9.09 Å². The average Bonchev–Trinajstić information content (AvgIpc) is 2.53. The Morgan fingerprint density at radius 1 is 1.00 bits per heavy atom. The van der Waals surface area contributed by atoms with E-state index in [0.717, 1.165) is 18.4 Å². The number of ether oxygens (including phenoxy) is 1. The van der Waals surface area contributed by atoms with Crippen LogP contribution in [0.15, 0.2) is 24.3 Å². The standard InChI is InChI=1S/C18H31O5P/c1-3-5-6-7-8-9-10-13-16-14-11-12-15-17(16)22-18(4-2)23-24(19,20)21/h11-12,14-15,18H,3-10,13H2,1-2H3,(H2,19,20,21). The van der Waals surface area contributed by atoms with Gasteiger partial charge < -0.3 is 14.5 Å². The van der Waals surface area contributed by atoms with Crippen molar-refractivity contribution in [2.75, 3.05) is 0 Å². The summed E-state index contributed by atoms with van der Waals surface area (Å²) in [5.41, 5.74) is 1.05. The van der Waals surface area contributed by atoms with Gasteiger partial charge in [0, 0.05) is 6.42 Å². The summed E-state index contributed by atoms with van der Waals surface area (Å²) in [5, 5.41) is 0. The molecule has 1 aromatic carbocycles. The summed E-state index contributed by atoms with van der Waals surface area (Å²) < 4.78 is 21.3. The zero-order chi connectivity index (χ0) is 17.8. The van der Waals surface area contributed by atoms with E-state index < -0.39 is 14.1 Å². The largest absolute Gasteiger partial charge is 0.472 e. The van der Waals surface area contributed by atoms with Crippen LogP contribution in [0.4, 0.5) is 0 Å². The van der Waals surface area contributed by atoms with E-state index in [1.54, 1.807) is 6.92 Å². The SMILES string of the molecule is CCCCCCCCCc1ccccc1OC(CC)OP(=O)(O)O. The average molecular weight is 358 g/mol. The monoisotopic (exact) mass is 358 g/mol. The van der Waals surface area contributed by atoms with E-state index >= 15 is 0 Å². The van der Waals surface area contributed by atoms with Crippen molar-refractivity contribution in [3.8, 4) is 5.75 Å². The molecule has 0 aliphatic carbocycles. The maximum atomic E-state index is 11.0. The predicted molar refractivity (Wildman–Crippen MR) is 96.0 cm³/mol. The van der Waals surface area contributed by atoms with Gasteiger partial charge >= 0.3 is 7.82 Å². The van der Waals surface area contributed by atoms with Crippen molar-refractivity contribution in [3.63, 3.8) is 0 Å². The predicted octanol–water partition coefficient (Wildman–Crippen LogP) is 5.20. The van der Waals surface area contributed by atoms with E-state index in [9.17, 15) is 4.57 Å². The minimum atomic E-state index is -4.56. The number of phosphoric acid groups is 1. The van der Waals surface area contributed by atoms with Crippen molar-refractivity contribution in [3.05, 3.63) is 29.8 Å². The third-order valence-corrected chi connectivity index (χ3v) is 4.38. The van der Waals surface area contributed by atoms with E-state index in [2.05, 4.69) is 11.4 Å². The number of rotatable bonds is 13. The number of phosphoric ester groups is 1. The molecule has 24 heavy (non-hydrogen) atoms. The van der Waals surface area contributed by atoms with Gasteiger partial charge in [0.25, 0.3) is 0 Å². The molecule has 0 radical (unpaired) electrons. The molecule has 0 bridgehead atoms. The molecule has 138 valence electrons. The first kappa shape index (κ1) is 21.2. The molecule has 0 fully saturated rings. The van der Waals surface area contributed by atoms with Crippen LogP contribution >= 0.6 is 7.82 Å². The molecule has 6 heteroatoms. The van der Waals surface area contributed by atoms with Gasteiger partial charge in [-0.05, 0) is 24.5 Å². The van der Waals surface area contributed by atoms with Gasteiger partial charge in [-0.2, -0.15) is 0 Å². The van der Waals surface area contributed by atoms with Gasteiger partial charge in [-0.1, -0.05) is 70.6 Å². The third kappa shape index (κ3) is 9.43. The Kier molecular flexibility index (Phi) is 10.3. The Morgan fingerprint density at radius 3 is 2.25 bits per heavy atom. The Bertz CT molecular complexity index is 500. The number of para-hydroxylation sites is 1. The Hall–Kier alpha value is -0.870. The van der Waals surface area contributed by atoms with Crippen molar-refractivity contribution in [2.45, 2.75) is 77.9 Å². The summed E-state index contributed by atoms with van der Waals surface area (Å²) in [5.74, 6) is 0.642. The smallest absolute Gasteiger partial charge is 0.464 e. The van der Waals surface area contributed by atoms with Gasteiger partial charge in [-0.3, -0.25) is 0 Å². The van der Waals surface area contributed by atoms with E-state index in [4.69, 9.17) is 14.5 Å². The summed E-state index contributed by atoms with van der Waals surface area (Å²) in [4.78, 5) is 17.9. The fraction of sp³-hybridized carbons (Fsp3) is 0.667. The molecule has 1 rings (SSSR count). The normalized spacial score (nSPS) is 13.0. The molecule has 0 saturated carbocycles. The molecule has 1 aromatic rings. The van der Waals surface area contributed by atoms with Crippen LogP contribution in [0.2, 0.25) is 0 Å². The zero-order valence-corrected chi connectivity index (χ0v) is 15.7. The quantitative estimate of drug-likeness (QED) is 0.288. The van der Waals surface area contributed by atoms with Crippen molar-refractivity contribution in [1.29, 1.82) is 0 Å². The van der Waals surface area contributed by atoms with Gasteiger partial charge in [-0.15, -0.1) is 0 Å². The van der Waals surface area contributed by atoms with Crippen molar-refractivity contribution >= 4 is 7.82 Å². The highest BCUT2D eigenvalue weighted by molar-refractivity contribution is 7.46. The number of benzene rings is 1. The molecule has 0 amide bonds. The maximum Gasteiger partial charge on any atom is 0.472 e. The first-order valence-corrected chi connectivity index (χ1v) is 10.5. The number of hydrogen-bond acceptors (Lipinski definition) is 3. The lowest BCUT2D eigenvalue weighted by Crippen LogP contribution is -2.19. The fourth-order valence-electron chi connectivity index (χ4n) is 2.57. The highest BCUT2D eigenvalue weighted by atomic mass is 31.2. The molecule has 1 unspecified atom stereocenters. The fourth-order valence-corrected chi connectivity index (χ4v) is 3.07. The molecule has 1 atom stereocenters. The van der Waals surface area contributed by atoms with Crippen LogP contribution in [0.5, 0.6) is 5.75 Å². The lowest BCUT2D eigenvalue weighted by Gasteiger charge is -2.20. The summed E-state index contributed by atoms with van der Waals surface area (Å²) in [7, 11) is -4.56. The molecule has 0 aliphatic heterocycles. The Balaban J connectivity index is 2.47. The summed E-state index contributed by atoms with van der Waals surface area (Å²) in [6.45, 7) is 3.98. The first-order chi connectivity index (χ1) is 11.5. The lowest BCUT2D eigenvalue weighted by atomic mass is 10.0. The summed E-state index contributed by atoms with van der Waals surface area (Å²) >= 11 is 0. The second kappa shape index (κ2) is 11.6. The van der Waals surface area contributed by atoms with Crippen molar-refractivity contribution < 1.29 is 23.6 Å². The molecule has 5 nitrogen and oxygen atoms in total. The number of hydrogen-bond donors (Lipinski definition) is 2. The molecule has 2 N–H and O–H groups in total. The third-order valence-electron chi connectivity index (χ3n) is 3.87. The Labute approximate surface area is 145 Å². The molecular weight excluding hydrogens is 327 g/mol. The van der Waals surface area contributed by atoms with Gasteiger partial charge in [0.15, 0.2) is 0 Å². The first-order valence-electron chi connectivity index (χ1n) is 8.94. The number of unbranched alkanes of at least 4 members (excludes halogenated alkanes) is 6. The maximum absolute atomic E-state index is 11.0.